The van der Waals surface area contributed by atoms with E-state index in [2.05, 4.69) is 25.8 Å². The molecule has 0 aliphatic rings. The molecule has 0 aliphatic carbocycles. The molecule has 2 aromatic heterocycles. The topological polar surface area (TPSA) is 55.6 Å². The number of hydrogen-bond acceptors (Lipinski definition) is 5. The van der Waals surface area contributed by atoms with E-state index in [9.17, 15) is 0 Å². The van der Waals surface area contributed by atoms with Crippen molar-refractivity contribution in [2.75, 3.05) is 0 Å². The van der Waals surface area contributed by atoms with E-state index < -0.39 is 0 Å². The van der Waals surface area contributed by atoms with Gasteiger partial charge in [-0.3, -0.25) is 4.68 Å². The molecule has 0 saturated heterocycles. The van der Waals surface area contributed by atoms with Gasteiger partial charge in [0.15, 0.2) is 0 Å². The maximum Gasteiger partial charge on any atom is 0.140 e. The van der Waals surface area contributed by atoms with Gasteiger partial charge in [-0.1, -0.05) is 0 Å². The third kappa shape index (κ3) is 2.60. The summed E-state index contributed by atoms with van der Waals surface area (Å²) in [4.78, 5) is 8.49. The first-order valence-corrected chi connectivity index (χ1v) is 5.58. The number of thiazole rings is 1. The summed E-state index contributed by atoms with van der Waals surface area (Å²) >= 11 is 1.67. The van der Waals surface area contributed by atoms with E-state index in [0.29, 0.717) is 0 Å². The predicted molar refractivity (Wildman–Crippen MR) is 58.4 cm³/mol. The summed E-state index contributed by atoms with van der Waals surface area (Å²) in [5, 5.41) is 10.4. The van der Waals surface area contributed by atoms with E-state index in [4.69, 9.17) is 0 Å². The molecule has 0 spiro atoms. The molecule has 0 atom stereocenters. The second-order valence-corrected chi connectivity index (χ2v) is 4.23. The van der Waals surface area contributed by atoms with Gasteiger partial charge in [0, 0.05) is 24.7 Å². The molecule has 0 aromatic carbocycles. The number of aromatic nitrogens is 4. The minimum Gasteiger partial charge on any atom is -0.303 e. The first-order valence-electron chi connectivity index (χ1n) is 4.70. The Morgan fingerprint density at radius 2 is 2.33 bits per heavy atom. The van der Waals surface area contributed by atoms with Crippen molar-refractivity contribution < 1.29 is 0 Å². The fourth-order valence-corrected chi connectivity index (χ4v) is 1.99. The molecular weight excluding hydrogens is 210 g/mol. The zero-order chi connectivity index (χ0) is 10.7. The number of nitrogens with zero attached hydrogens (tertiary/aromatic N) is 4. The highest BCUT2D eigenvalue weighted by Crippen LogP contribution is 2.07. The molecule has 0 radical (unpaired) electrons. The van der Waals surface area contributed by atoms with Crippen LogP contribution in [0.2, 0.25) is 0 Å². The molecule has 2 heterocycles. The van der Waals surface area contributed by atoms with Gasteiger partial charge in [-0.2, -0.15) is 5.10 Å². The van der Waals surface area contributed by atoms with Crippen LogP contribution in [-0.4, -0.2) is 19.7 Å². The normalized spacial score (nSPS) is 10.8. The molecule has 0 fully saturated rings. The lowest BCUT2D eigenvalue weighted by Gasteiger charge is -2.01. The molecule has 2 rings (SSSR count). The molecule has 0 unspecified atom stereocenters. The smallest absolute Gasteiger partial charge is 0.140 e. The van der Waals surface area contributed by atoms with Crippen molar-refractivity contribution in [2.24, 2.45) is 7.05 Å². The van der Waals surface area contributed by atoms with E-state index in [1.54, 1.807) is 22.3 Å². The Bertz CT molecular complexity index is 433. The van der Waals surface area contributed by atoms with Crippen LogP contribution >= 0.6 is 11.3 Å². The zero-order valence-corrected chi connectivity index (χ0v) is 9.58. The van der Waals surface area contributed by atoms with Crippen LogP contribution in [0.25, 0.3) is 0 Å². The number of rotatable bonds is 4. The molecule has 0 aliphatic heterocycles. The third-order valence-electron chi connectivity index (χ3n) is 2.03. The van der Waals surface area contributed by atoms with Gasteiger partial charge < -0.3 is 5.32 Å². The fraction of sp³-hybridized carbons (Fsp3) is 0.444. The van der Waals surface area contributed by atoms with E-state index >= 15 is 0 Å². The van der Waals surface area contributed by atoms with Gasteiger partial charge in [0.25, 0.3) is 0 Å². The molecular formula is C9H13N5S. The minimum atomic E-state index is 0.717. The first-order chi connectivity index (χ1) is 7.25. The predicted octanol–water partition coefficient (Wildman–Crippen LogP) is 0.870. The summed E-state index contributed by atoms with van der Waals surface area (Å²) in [7, 11) is 1.89. The van der Waals surface area contributed by atoms with Crippen molar-refractivity contribution in [3.05, 3.63) is 28.2 Å². The lowest BCUT2D eigenvalue weighted by atomic mass is 10.5. The van der Waals surface area contributed by atoms with Crippen LogP contribution in [0.1, 0.15) is 16.5 Å². The van der Waals surface area contributed by atoms with Crippen LogP contribution in [0.3, 0.4) is 0 Å². The van der Waals surface area contributed by atoms with Crippen molar-refractivity contribution in [1.82, 2.24) is 25.1 Å². The quantitative estimate of drug-likeness (QED) is 0.835. The Balaban J connectivity index is 1.83. The summed E-state index contributed by atoms with van der Waals surface area (Å²) < 4.78 is 1.76. The second-order valence-electron chi connectivity index (χ2n) is 3.29. The van der Waals surface area contributed by atoms with Gasteiger partial charge >= 0.3 is 0 Å². The minimum absolute atomic E-state index is 0.717. The average molecular weight is 223 g/mol. The molecule has 0 saturated carbocycles. The van der Waals surface area contributed by atoms with Gasteiger partial charge in [0.05, 0.1) is 6.54 Å². The highest BCUT2D eigenvalue weighted by atomic mass is 32.1. The monoisotopic (exact) mass is 223 g/mol. The SMILES string of the molecule is Cc1csc(CNCc2ncnn2C)n1. The van der Waals surface area contributed by atoms with Gasteiger partial charge in [0.2, 0.25) is 0 Å². The van der Waals surface area contributed by atoms with E-state index in [1.165, 1.54) is 0 Å². The molecule has 2 aromatic rings. The first kappa shape index (κ1) is 10.3. The molecule has 5 nitrogen and oxygen atoms in total. The Morgan fingerprint density at radius 3 is 2.93 bits per heavy atom. The van der Waals surface area contributed by atoms with Crippen LogP contribution in [0, 0.1) is 6.92 Å². The summed E-state index contributed by atoms with van der Waals surface area (Å²) in [6.45, 7) is 3.50. The van der Waals surface area contributed by atoms with Crippen LogP contribution < -0.4 is 5.32 Å². The van der Waals surface area contributed by atoms with Gasteiger partial charge in [-0.15, -0.1) is 11.3 Å². The largest absolute Gasteiger partial charge is 0.303 e. The van der Waals surface area contributed by atoms with Crippen LogP contribution in [0.15, 0.2) is 11.7 Å². The lowest BCUT2D eigenvalue weighted by molar-refractivity contribution is 0.612. The maximum absolute atomic E-state index is 4.37. The average Bonchev–Trinajstić information content (AvgIpc) is 2.77. The van der Waals surface area contributed by atoms with E-state index in [-0.39, 0.29) is 0 Å². The van der Waals surface area contributed by atoms with Crippen LogP contribution in [-0.2, 0) is 20.1 Å². The van der Waals surface area contributed by atoms with Crippen molar-refractivity contribution >= 4 is 11.3 Å². The maximum atomic E-state index is 4.37. The number of aryl methyl sites for hydroxylation is 2. The van der Waals surface area contributed by atoms with Crippen LogP contribution in [0.5, 0.6) is 0 Å². The molecule has 15 heavy (non-hydrogen) atoms. The van der Waals surface area contributed by atoms with Crippen molar-refractivity contribution in [3.63, 3.8) is 0 Å². The third-order valence-corrected chi connectivity index (χ3v) is 3.00. The second kappa shape index (κ2) is 4.50. The van der Waals surface area contributed by atoms with Crippen LogP contribution in [0.4, 0.5) is 0 Å². The van der Waals surface area contributed by atoms with Gasteiger partial charge in [0.1, 0.15) is 17.2 Å². The number of nitrogens with one attached hydrogen (secondary N) is 1. The van der Waals surface area contributed by atoms with Gasteiger partial charge in [-0.25, -0.2) is 9.97 Å². The summed E-state index contributed by atoms with van der Waals surface area (Å²) in [5.41, 5.74) is 1.08. The van der Waals surface area contributed by atoms with E-state index in [1.807, 2.05) is 14.0 Å². The highest BCUT2D eigenvalue weighted by Gasteiger charge is 2.01. The van der Waals surface area contributed by atoms with Crippen molar-refractivity contribution in [2.45, 2.75) is 20.0 Å². The van der Waals surface area contributed by atoms with E-state index in [0.717, 1.165) is 29.6 Å². The lowest BCUT2D eigenvalue weighted by Crippen LogP contribution is -2.16. The summed E-state index contributed by atoms with van der Waals surface area (Å²) in [6, 6.07) is 0. The van der Waals surface area contributed by atoms with Crippen molar-refractivity contribution in [1.29, 1.82) is 0 Å². The molecule has 0 bridgehead atoms. The number of hydrogen-bond donors (Lipinski definition) is 1. The Morgan fingerprint density at radius 1 is 1.47 bits per heavy atom. The van der Waals surface area contributed by atoms with Gasteiger partial charge in [-0.05, 0) is 6.92 Å². The molecule has 6 heteroatoms. The fourth-order valence-electron chi connectivity index (χ4n) is 1.25. The standard InChI is InChI=1S/C9H13N5S/c1-7-5-15-9(13-7)4-10-3-8-11-6-12-14(8)2/h5-6,10H,3-4H2,1-2H3. The molecule has 0 amide bonds. The highest BCUT2D eigenvalue weighted by molar-refractivity contribution is 7.09. The summed E-state index contributed by atoms with van der Waals surface area (Å²) in [6.07, 6.45) is 1.56. The Labute approximate surface area is 92.2 Å². The molecule has 80 valence electrons. The Hall–Kier alpha value is -1.27. The van der Waals surface area contributed by atoms with Crippen molar-refractivity contribution in [3.8, 4) is 0 Å². The zero-order valence-electron chi connectivity index (χ0n) is 8.77. The Kier molecular flexibility index (Phi) is 3.08. The molecule has 1 N–H and O–H groups in total. The summed E-state index contributed by atoms with van der Waals surface area (Å²) in [5.74, 6) is 0.934.